The van der Waals surface area contributed by atoms with Gasteiger partial charge in [0, 0.05) is 32.6 Å². The Morgan fingerprint density at radius 3 is 1.58 bits per heavy atom. The van der Waals surface area contributed by atoms with Crippen LogP contribution in [0.2, 0.25) is 0 Å². The van der Waals surface area contributed by atoms with E-state index in [2.05, 4.69) is 145 Å². The second kappa shape index (κ2) is 9.62. The van der Waals surface area contributed by atoms with Crippen LogP contribution in [0.3, 0.4) is 0 Å². The molecule has 8 aromatic rings. The molecule has 0 saturated carbocycles. The van der Waals surface area contributed by atoms with Crippen LogP contribution in [0, 0.1) is 0 Å². The van der Waals surface area contributed by atoms with Crippen molar-refractivity contribution >= 4 is 31.5 Å². The average Bonchev–Trinajstić information content (AvgIpc) is 3.47. The summed E-state index contributed by atoms with van der Waals surface area (Å²) in [6.45, 7) is 0. The summed E-state index contributed by atoms with van der Waals surface area (Å²) in [5.74, 6) is 0. The highest BCUT2D eigenvalue weighted by atomic mass is 32.1. The van der Waals surface area contributed by atoms with Gasteiger partial charge in [0.1, 0.15) is 0 Å². The molecule has 0 spiro atoms. The van der Waals surface area contributed by atoms with Gasteiger partial charge in [0.05, 0.1) is 0 Å². The van der Waals surface area contributed by atoms with Crippen LogP contribution in [-0.2, 0) is 0 Å². The highest BCUT2D eigenvalue weighted by Gasteiger charge is 2.22. The Kier molecular flexibility index (Phi) is 5.44. The van der Waals surface area contributed by atoms with Crippen molar-refractivity contribution in [3.8, 4) is 66.8 Å². The molecule has 2 heteroatoms. The van der Waals surface area contributed by atoms with E-state index >= 15 is 0 Å². The fourth-order valence-electron chi connectivity index (χ4n) is 6.78. The lowest BCUT2D eigenvalue weighted by Crippen LogP contribution is -1.97. The first-order valence-corrected chi connectivity index (χ1v) is 15.4. The third-order valence-corrected chi connectivity index (χ3v) is 9.99. The van der Waals surface area contributed by atoms with E-state index < -0.39 is 0 Å². The molecule has 2 heterocycles. The van der Waals surface area contributed by atoms with Crippen LogP contribution in [0.4, 0.5) is 0 Å². The van der Waals surface area contributed by atoms with Crippen molar-refractivity contribution < 1.29 is 0 Å². The Labute approximate surface area is 254 Å². The Morgan fingerprint density at radius 1 is 0.372 bits per heavy atom. The fraction of sp³-hybridized carbons (Fsp3) is 0. The molecule has 0 atom stereocenters. The largest absolute Gasteiger partial charge is 0.264 e. The summed E-state index contributed by atoms with van der Waals surface area (Å²) in [6.07, 6.45) is 3.87. The van der Waals surface area contributed by atoms with Gasteiger partial charge in [-0.3, -0.25) is 4.98 Å². The zero-order valence-corrected chi connectivity index (χ0v) is 24.1. The lowest BCUT2D eigenvalue weighted by atomic mass is 9.80. The van der Waals surface area contributed by atoms with Crippen LogP contribution in [0.1, 0.15) is 0 Å². The molecule has 6 aromatic carbocycles. The zero-order chi connectivity index (χ0) is 28.3. The molecule has 0 radical (unpaired) electrons. The molecule has 1 aliphatic carbocycles. The van der Waals surface area contributed by atoms with Gasteiger partial charge in [0.15, 0.2) is 0 Å². The van der Waals surface area contributed by atoms with Crippen LogP contribution in [0.15, 0.2) is 152 Å². The molecule has 2 aromatic heterocycles. The lowest BCUT2D eigenvalue weighted by Gasteiger charge is -2.23. The van der Waals surface area contributed by atoms with Gasteiger partial charge in [0.25, 0.3) is 0 Å². The molecule has 0 unspecified atom stereocenters. The van der Waals surface area contributed by atoms with Gasteiger partial charge in [-0.1, -0.05) is 121 Å². The first-order valence-electron chi connectivity index (χ1n) is 14.6. The topological polar surface area (TPSA) is 12.9 Å². The highest BCUT2D eigenvalue weighted by Crippen LogP contribution is 2.48. The second-order valence-corrected chi connectivity index (χ2v) is 12.2. The molecule has 200 valence electrons. The number of benzene rings is 6. The van der Waals surface area contributed by atoms with Crippen molar-refractivity contribution in [3.63, 3.8) is 0 Å². The lowest BCUT2D eigenvalue weighted by molar-refractivity contribution is 1.37. The van der Waals surface area contributed by atoms with Crippen molar-refractivity contribution in [3.05, 3.63) is 152 Å². The minimum Gasteiger partial charge on any atom is -0.264 e. The smallest absolute Gasteiger partial charge is 0.0434 e. The van der Waals surface area contributed by atoms with Crippen LogP contribution in [0.25, 0.3) is 86.9 Å². The monoisotopic (exact) mass is 563 g/mol. The molecule has 1 aliphatic rings. The number of nitrogens with zero attached hydrogens (tertiary/aromatic N) is 1. The maximum absolute atomic E-state index is 4.39. The number of rotatable bonds is 2. The molecule has 0 N–H and O–H groups in total. The summed E-state index contributed by atoms with van der Waals surface area (Å²) in [6, 6.07) is 51.2. The minimum atomic E-state index is 1.22. The van der Waals surface area contributed by atoms with Gasteiger partial charge < -0.3 is 0 Å². The third kappa shape index (κ3) is 3.81. The summed E-state index contributed by atoms with van der Waals surface area (Å²) in [5, 5.41) is 2.50. The van der Waals surface area contributed by atoms with Crippen molar-refractivity contribution in [1.29, 1.82) is 0 Å². The molecule has 0 saturated heterocycles. The van der Waals surface area contributed by atoms with E-state index in [1.54, 1.807) is 0 Å². The normalized spacial score (nSPS) is 11.7. The van der Waals surface area contributed by atoms with Gasteiger partial charge in [0.2, 0.25) is 0 Å². The number of hydrogen-bond donors (Lipinski definition) is 0. The summed E-state index contributed by atoms with van der Waals surface area (Å²) in [5.41, 5.74) is 15.1. The highest BCUT2D eigenvalue weighted by molar-refractivity contribution is 7.26. The fourth-order valence-corrected chi connectivity index (χ4v) is 7.98. The van der Waals surface area contributed by atoms with Crippen molar-refractivity contribution in [2.45, 2.75) is 0 Å². The number of hydrogen-bond acceptors (Lipinski definition) is 2. The molecule has 0 fully saturated rings. The molecular weight excluding hydrogens is 539 g/mol. The van der Waals surface area contributed by atoms with E-state index in [0.29, 0.717) is 0 Å². The predicted octanol–water partition coefficient (Wildman–Crippen LogP) is 11.8. The summed E-state index contributed by atoms with van der Waals surface area (Å²) in [4.78, 5) is 4.39. The van der Waals surface area contributed by atoms with Gasteiger partial charge in [-0.25, -0.2) is 0 Å². The standard InChI is InChI=1S/C41H25NS/c1-2-12-31-30(11-1)32-13-3-4-15-34(32)36-20-19-27(24-38(36)35-16-6-5-14-33(31)35)26-9-7-10-28(23-26)29-17-8-18-37-39-25-42-22-21-40(39)43-41(29)37/h1-25H. The molecule has 1 nitrogen and oxygen atoms in total. The average molecular weight is 564 g/mol. The Morgan fingerprint density at radius 2 is 0.907 bits per heavy atom. The SMILES string of the molecule is c1cc(-c2ccc3c(c2)-c2ccccc2-c2ccccc2-c2ccccc2-3)cc(-c2cccc3c2sc2ccncc23)c1. The molecule has 0 amide bonds. The Bertz CT molecular complexity index is 2350. The summed E-state index contributed by atoms with van der Waals surface area (Å²) in [7, 11) is 0. The first-order chi connectivity index (χ1) is 21.3. The van der Waals surface area contributed by atoms with Crippen molar-refractivity contribution in [1.82, 2.24) is 4.98 Å². The number of aromatic nitrogens is 1. The number of pyridine rings is 1. The van der Waals surface area contributed by atoms with Crippen LogP contribution in [0.5, 0.6) is 0 Å². The number of thiophene rings is 1. The van der Waals surface area contributed by atoms with E-state index in [1.165, 1.54) is 86.9 Å². The van der Waals surface area contributed by atoms with Crippen molar-refractivity contribution in [2.24, 2.45) is 0 Å². The molecule has 43 heavy (non-hydrogen) atoms. The van der Waals surface area contributed by atoms with E-state index in [9.17, 15) is 0 Å². The van der Waals surface area contributed by atoms with Crippen LogP contribution < -0.4 is 0 Å². The first kappa shape index (κ1) is 24.3. The van der Waals surface area contributed by atoms with E-state index in [1.807, 2.05) is 23.7 Å². The Hall–Kier alpha value is -5.31. The maximum atomic E-state index is 4.39. The van der Waals surface area contributed by atoms with E-state index in [4.69, 9.17) is 0 Å². The zero-order valence-electron chi connectivity index (χ0n) is 23.3. The van der Waals surface area contributed by atoms with Gasteiger partial charge >= 0.3 is 0 Å². The minimum absolute atomic E-state index is 1.22. The van der Waals surface area contributed by atoms with Crippen LogP contribution >= 0.6 is 11.3 Å². The number of fused-ring (bicyclic) bond motifs is 11. The summed E-state index contributed by atoms with van der Waals surface area (Å²) >= 11 is 1.85. The van der Waals surface area contributed by atoms with E-state index in [-0.39, 0.29) is 0 Å². The van der Waals surface area contributed by atoms with Crippen molar-refractivity contribution in [2.75, 3.05) is 0 Å². The van der Waals surface area contributed by atoms with Gasteiger partial charge in [-0.05, 0) is 85.0 Å². The van der Waals surface area contributed by atoms with E-state index in [0.717, 1.165) is 0 Å². The molecule has 0 bridgehead atoms. The predicted molar refractivity (Wildman–Crippen MR) is 183 cm³/mol. The molecule has 0 aliphatic heterocycles. The summed E-state index contributed by atoms with van der Waals surface area (Å²) < 4.78 is 2.58. The molecular formula is C41H25NS. The molecule has 9 rings (SSSR count). The van der Waals surface area contributed by atoms with Gasteiger partial charge in [-0.15, -0.1) is 11.3 Å². The van der Waals surface area contributed by atoms with Gasteiger partial charge in [-0.2, -0.15) is 0 Å². The maximum Gasteiger partial charge on any atom is 0.0434 e. The quantitative estimate of drug-likeness (QED) is 0.204. The van der Waals surface area contributed by atoms with Crippen LogP contribution in [-0.4, -0.2) is 4.98 Å². The second-order valence-electron chi connectivity index (χ2n) is 11.1. The third-order valence-electron chi connectivity index (χ3n) is 8.77. The Balaban J connectivity index is 1.25.